The number of aromatic nitrogens is 2. The molecule has 0 atom stereocenters. The molecule has 0 unspecified atom stereocenters. The Morgan fingerprint density at radius 2 is 2.24 bits per heavy atom. The van der Waals surface area contributed by atoms with E-state index in [0.717, 1.165) is 0 Å². The number of nitrogens with zero attached hydrogens (tertiary/aromatic N) is 1. The monoisotopic (exact) mass is 295 g/mol. The van der Waals surface area contributed by atoms with E-state index in [1.165, 1.54) is 6.07 Å². The van der Waals surface area contributed by atoms with E-state index in [2.05, 4.69) is 25.9 Å². The predicted octanol–water partition coefficient (Wildman–Crippen LogP) is 2.22. The van der Waals surface area contributed by atoms with Crippen molar-refractivity contribution < 1.29 is 4.74 Å². The molecule has 1 aromatic carbocycles. The zero-order chi connectivity index (χ0) is 12.4. The molecule has 6 heteroatoms. The molecule has 0 aliphatic heterocycles. The van der Waals surface area contributed by atoms with Crippen LogP contribution in [0.1, 0.15) is 5.82 Å². The molecule has 17 heavy (non-hydrogen) atoms. The first-order valence-corrected chi connectivity index (χ1v) is 5.65. The molecule has 5 nitrogen and oxygen atoms in total. The molecule has 0 spiro atoms. The molecule has 0 aliphatic rings. The zero-order valence-electron chi connectivity index (χ0n) is 9.03. The minimum Gasteiger partial charge on any atom is -0.437 e. The van der Waals surface area contributed by atoms with Crippen molar-refractivity contribution in [3.8, 4) is 11.6 Å². The zero-order valence-corrected chi connectivity index (χ0v) is 10.6. The van der Waals surface area contributed by atoms with E-state index >= 15 is 0 Å². The lowest BCUT2D eigenvalue weighted by molar-refractivity contribution is 0.456. The average molecular weight is 296 g/mol. The fourth-order valence-electron chi connectivity index (χ4n) is 1.32. The molecule has 0 bridgehead atoms. The molecule has 2 aromatic rings. The second-order valence-electron chi connectivity index (χ2n) is 3.43. The van der Waals surface area contributed by atoms with Gasteiger partial charge in [0.15, 0.2) is 0 Å². The molecular weight excluding hydrogens is 286 g/mol. The van der Waals surface area contributed by atoms with Crippen LogP contribution in [-0.4, -0.2) is 9.97 Å². The van der Waals surface area contributed by atoms with Gasteiger partial charge in [-0.3, -0.25) is 4.79 Å². The highest BCUT2D eigenvalue weighted by molar-refractivity contribution is 9.10. The van der Waals surface area contributed by atoms with Crippen LogP contribution in [0.15, 0.2) is 33.5 Å². The fourth-order valence-corrected chi connectivity index (χ4v) is 1.67. The molecule has 1 aromatic heterocycles. The number of aryl methyl sites for hydroxylation is 1. The average Bonchev–Trinajstić information content (AvgIpc) is 2.23. The maximum Gasteiger partial charge on any atom is 0.254 e. The first-order chi connectivity index (χ1) is 8.06. The number of hydrogen-bond donors (Lipinski definition) is 2. The second kappa shape index (κ2) is 4.58. The van der Waals surface area contributed by atoms with Crippen LogP contribution in [-0.2, 0) is 0 Å². The van der Waals surface area contributed by atoms with Crippen LogP contribution >= 0.6 is 15.9 Å². The summed E-state index contributed by atoms with van der Waals surface area (Å²) in [5.41, 5.74) is 6.02. The number of anilines is 1. The number of rotatable bonds is 2. The minimum absolute atomic E-state index is 0.234. The maximum atomic E-state index is 11.2. The van der Waals surface area contributed by atoms with E-state index in [1.54, 1.807) is 25.1 Å². The van der Waals surface area contributed by atoms with Crippen LogP contribution in [0.3, 0.4) is 0 Å². The third kappa shape index (κ3) is 2.65. The van der Waals surface area contributed by atoms with Gasteiger partial charge < -0.3 is 15.5 Å². The summed E-state index contributed by atoms with van der Waals surface area (Å²) in [5.74, 6) is 1.24. The molecular formula is C11H10BrN3O2. The third-order valence-corrected chi connectivity index (χ3v) is 2.89. The van der Waals surface area contributed by atoms with Gasteiger partial charge >= 0.3 is 0 Å². The van der Waals surface area contributed by atoms with E-state index in [-0.39, 0.29) is 11.4 Å². The normalized spacial score (nSPS) is 10.2. The molecule has 0 aliphatic carbocycles. The van der Waals surface area contributed by atoms with Crippen LogP contribution in [0.25, 0.3) is 0 Å². The smallest absolute Gasteiger partial charge is 0.254 e. The Morgan fingerprint density at radius 3 is 2.94 bits per heavy atom. The summed E-state index contributed by atoms with van der Waals surface area (Å²) < 4.78 is 6.13. The summed E-state index contributed by atoms with van der Waals surface area (Å²) in [5, 5.41) is 0. The van der Waals surface area contributed by atoms with Crippen molar-refractivity contribution in [3.05, 3.63) is 44.9 Å². The maximum absolute atomic E-state index is 11.2. The molecule has 0 radical (unpaired) electrons. The second-order valence-corrected chi connectivity index (χ2v) is 4.22. The Balaban J connectivity index is 2.38. The summed E-state index contributed by atoms with van der Waals surface area (Å²) >= 11 is 3.31. The van der Waals surface area contributed by atoms with Gasteiger partial charge in [-0.2, -0.15) is 0 Å². The summed E-state index contributed by atoms with van der Waals surface area (Å²) in [6.07, 6.45) is 0. The first-order valence-electron chi connectivity index (χ1n) is 4.86. The minimum atomic E-state index is -0.257. The summed E-state index contributed by atoms with van der Waals surface area (Å²) in [6, 6.07) is 6.52. The van der Waals surface area contributed by atoms with Gasteiger partial charge in [-0.1, -0.05) is 6.07 Å². The van der Waals surface area contributed by atoms with Gasteiger partial charge in [0, 0.05) is 5.69 Å². The Hall–Kier alpha value is -1.82. The van der Waals surface area contributed by atoms with Crippen LogP contribution in [0.4, 0.5) is 5.69 Å². The summed E-state index contributed by atoms with van der Waals surface area (Å²) in [7, 11) is 0. The summed E-state index contributed by atoms with van der Waals surface area (Å²) in [4.78, 5) is 17.8. The largest absolute Gasteiger partial charge is 0.437 e. The van der Waals surface area contributed by atoms with Crippen LogP contribution in [0.5, 0.6) is 11.6 Å². The van der Waals surface area contributed by atoms with Gasteiger partial charge in [-0.15, -0.1) is 0 Å². The standard InChI is InChI=1S/C11H10BrN3O2/c1-6-14-9(16)5-10(15-6)17-8-4-2-3-7(13)11(8)12/h2-5H,13H2,1H3,(H,14,15,16). The molecule has 88 valence electrons. The number of hydrogen-bond acceptors (Lipinski definition) is 4. The number of nitrogens with two attached hydrogens (primary N) is 1. The molecule has 0 saturated heterocycles. The van der Waals surface area contributed by atoms with Gasteiger partial charge in [-0.05, 0) is 35.0 Å². The highest BCUT2D eigenvalue weighted by Crippen LogP contribution is 2.32. The van der Waals surface area contributed by atoms with Crippen molar-refractivity contribution >= 4 is 21.6 Å². The number of ether oxygens (including phenoxy) is 1. The number of nitrogen functional groups attached to an aromatic ring is 1. The number of benzene rings is 1. The SMILES string of the molecule is Cc1nc(Oc2cccc(N)c2Br)cc(=O)[nH]1. The lowest BCUT2D eigenvalue weighted by atomic mass is 10.3. The van der Waals surface area contributed by atoms with E-state index in [9.17, 15) is 4.79 Å². The van der Waals surface area contributed by atoms with Crippen molar-refractivity contribution in [3.63, 3.8) is 0 Å². The van der Waals surface area contributed by atoms with Gasteiger partial charge in [0.05, 0.1) is 10.5 Å². The number of halogens is 1. The molecule has 0 amide bonds. The number of aromatic amines is 1. The molecule has 2 rings (SSSR count). The fraction of sp³-hybridized carbons (Fsp3) is 0.0909. The van der Waals surface area contributed by atoms with Gasteiger partial charge in [-0.25, -0.2) is 4.98 Å². The van der Waals surface area contributed by atoms with Gasteiger partial charge in [0.1, 0.15) is 11.6 Å². The van der Waals surface area contributed by atoms with Gasteiger partial charge in [0.25, 0.3) is 5.56 Å². The van der Waals surface area contributed by atoms with Crippen molar-refractivity contribution in [2.24, 2.45) is 0 Å². The van der Waals surface area contributed by atoms with Crippen molar-refractivity contribution in [2.45, 2.75) is 6.92 Å². The third-order valence-electron chi connectivity index (χ3n) is 2.04. The Morgan fingerprint density at radius 1 is 1.47 bits per heavy atom. The van der Waals surface area contributed by atoms with Crippen molar-refractivity contribution in [1.82, 2.24) is 9.97 Å². The lowest BCUT2D eigenvalue weighted by Gasteiger charge is -2.08. The van der Waals surface area contributed by atoms with E-state index in [0.29, 0.717) is 21.7 Å². The summed E-state index contributed by atoms with van der Waals surface area (Å²) in [6.45, 7) is 1.68. The quantitative estimate of drug-likeness (QED) is 0.833. The highest BCUT2D eigenvalue weighted by Gasteiger charge is 2.07. The predicted molar refractivity (Wildman–Crippen MR) is 68.2 cm³/mol. The number of nitrogens with one attached hydrogen (secondary N) is 1. The van der Waals surface area contributed by atoms with Crippen molar-refractivity contribution in [2.75, 3.05) is 5.73 Å². The topological polar surface area (TPSA) is 81.0 Å². The van der Waals surface area contributed by atoms with Crippen LogP contribution in [0, 0.1) is 6.92 Å². The Labute approximate surface area is 106 Å². The molecule has 0 fully saturated rings. The molecule has 0 saturated carbocycles. The van der Waals surface area contributed by atoms with Crippen LogP contribution < -0.4 is 16.0 Å². The Kier molecular flexibility index (Phi) is 3.14. The van der Waals surface area contributed by atoms with E-state index < -0.39 is 0 Å². The molecule has 3 N–H and O–H groups in total. The van der Waals surface area contributed by atoms with E-state index in [1.807, 2.05) is 0 Å². The number of H-pyrrole nitrogens is 1. The first kappa shape index (κ1) is 11.7. The Bertz CT molecular complexity index is 610. The lowest BCUT2D eigenvalue weighted by Crippen LogP contribution is -2.08. The van der Waals surface area contributed by atoms with E-state index in [4.69, 9.17) is 10.5 Å². The highest BCUT2D eigenvalue weighted by atomic mass is 79.9. The van der Waals surface area contributed by atoms with Crippen LogP contribution in [0.2, 0.25) is 0 Å². The van der Waals surface area contributed by atoms with Gasteiger partial charge in [0.2, 0.25) is 5.88 Å². The molecule has 1 heterocycles. The van der Waals surface area contributed by atoms with Crippen molar-refractivity contribution in [1.29, 1.82) is 0 Å².